The molecule has 8 heteroatoms. The van der Waals surface area contributed by atoms with Crippen LogP contribution < -0.4 is 10.6 Å². The molecule has 0 saturated heterocycles. The van der Waals surface area contributed by atoms with E-state index in [1.54, 1.807) is 25.1 Å². The molecule has 0 bridgehead atoms. The number of benzene rings is 2. The first-order valence-corrected chi connectivity index (χ1v) is 8.45. The molecule has 1 atom stereocenters. The highest BCUT2D eigenvalue weighted by molar-refractivity contribution is 5.88. The summed E-state index contributed by atoms with van der Waals surface area (Å²) in [5.41, 5.74) is 1.86. The zero-order chi connectivity index (χ0) is 19.2. The van der Waals surface area contributed by atoms with E-state index < -0.39 is 12.1 Å². The molecule has 0 saturated carbocycles. The van der Waals surface area contributed by atoms with Gasteiger partial charge in [0, 0.05) is 5.56 Å². The summed E-state index contributed by atoms with van der Waals surface area (Å²) in [6, 6.07) is 14.5. The van der Waals surface area contributed by atoms with Crippen molar-refractivity contribution in [2.75, 3.05) is 11.9 Å². The number of hydrogen-bond donors (Lipinski definition) is 3. The first-order chi connectivity index (χ1) is 13.1. The highest BCUT2D eigenvalue weighted by Gasteiger charge is 2.17. The zero-order valence-corrected chi connectivity index (χ0v) is 14.8. The van der Waals surface area contributed by atoms with Crippen LogP contribution in [0.2, 0.25) is 0 Å². The Morgan fingerprint density at radius 1 is 1.19 bits per heavy atom. The molecule has 0 spiro atoms. The van der Waals surface area contributed by atoms with Crippen molar-refractivity contribution in [3.05, 3.63) is 77.2 Å². The molecule has 7 nitrogen and oxygen atoms in total. The van der Waals surface area contributed by atoms with Gasteiger partial charge in [-0.25, -0.2) is 13.9 Å². The van der Waals surface area contributed by atoms with Gasteiger partial charge < -0.3 is 10.4 Å². The van der Waals surface area contributed by atoms with Crippen LogP contribution in [-0.4, -0.2) is 32.7 Å². The van der Waals surface area contributed by atoms with Crippen LogP contribution in [0.4, 0.5) is 15.0 Å². The lowest BCUT2D eigenvalue weighted by atomic mass is 10.1. The van der Waals surface area contributed by atoms with Gasteiger partial charge in [-0.3, -0.25) is 5.32 Å². The third-order valence-corrected chi connectivity index (χ3v) is 4.18. The highest BCUT2D eigenvalue weighted by Crippen LogP contribution is 2.15. The van der Waals surface area contributed by atoms with Crippen LogP contribution in [0.25, 0.3) is 0 Å². The number of hydrogen-bond acceptors (Lipinski definition) is 4. The number of aliphatic hydroxyl groups excluding tert-OH is 1. The number of nitrogens with zero attached hydrogens (tertiary/aromatic N) is 3. The molecule has 0 unspecified atom stereocenters. The number of urea groups is 1. The van der Waals surface area contributed by atoms with E-state index in [9.17, 15) is 14.3 Å². The average Bonchev–Trinajstić information content (AvgIpc) is 3.02. The van der Waals surface area contributed by atoms with Crippen LogP contribution >= 0.6 is 0 Å². The number of carbonyl (C=O) groups excluding carboxylic acids is 1. The van der Waals surface area contributed by atoms with Crippen molar-refractivity contribution in [1.29, 1.82) is 0 Å². The number of aliphatic hydroxyl groups is 1. The SMILES string of the molecule is Cc1c(NC(=O)N[C@H](CO)c2ccccc2)nnn1Cc1ccccc1F. The fraction of sp³-hybridized carbons (Fsp3) is 0.211. The summed E-state index contributed by atoms with van der Waals surface area (Å²) in [6.45, 7) is 1.70. The Labute approximate surface area is 155 Å². The van der Waals surface area contributed by atoms with E-state index in [1.165, 1.54) is 10.7 Å². The summed E-state index contributed by atoms with van der Waals surface area (Å²) in [4.78, 5) is 12.3. The van der Waals surface area contributed by atoms with E-state index in [1.807, 2.05) is 30.3 Å². The average molecular weight is 369 g/mol. The van der Waals surface area contributed by atoms with Gasteiger partial charge in [0.15, 0.2) is 5.82 Å². The lowest BCUT2D eigenvalue weighted by Crippen LogP contribution is -2.34. The Morgan fingerprint density at radius 3 is 2.59 bits per heavy atom. The van der Waals surface area contributed by atoms with Gasteiger partial charge in [-0.05, 0) is 18.6 Å². The summed E-state index contributed by atoms with van der Waals surface area (Å²) in [5.74, 6) is -0.0538. The molecule has 0 aliphatic carbocycles. The minimum Gasteiger partial charge on any atom is -0.394 e. The second kappa shape index (κ2) is 8.41. The Hall–Kier alpha value is -3.26. The number of aromatic nitrogens is 3. The molecule has 0 radical (unpaired) electrons. The lowest BCUT2D eigenvalue weighted by Gasteiger charge is -2.16. The van der Waals surface area contributed by atoms with Crippen LogP contribution in [0.15, 0.2) is 54.6 Å². The molecule has 27 heavy (non-hydrogen) atoms. The predicted molar refractivity (Wildman–Crippen MR) is 98.7 cm³/mol. The maximum atomic E-state index is 13.8. The lowest BCUT2D eigenvalue weighted by molar-refractivity contribution is 0.225. The molecule has 3 rings (SSSR count). The summed E-state index contributed by atoms with van der Waals surface area (Å²) < 4.78 is 15.3. The number of amides is 2. The van der Waals surface area contributed by atoms with Crippen molar-refractivity contribution in [3.8, 4) is 0 Å². The first kappa shape index (κ1) is 18.5. The van der Waals surface area contributed by atoms with Crippen LogP contribution in [0.1, 0.15) is 22.9 Å². The molecular weight excluding hydrogens is 349 g/mol. The van der Waals surface area contributed by atoms with Gasteiger partial charge >= 0.3 is 6.03 Å². The molecule has 2 amide bonds. The molecule has 1 heterocycles. The van der Waals surface area contributed by atoms with Gasteiger partial charge in [0.05, 0.1) is 24.9 Å². The van der Waals surface area contributed by atoms with Gasteiger partial charge in [-0.2, -0.15) is 0 Å². The minimum absolute atomic E-state index is 0.206. The van der Waals surface area contributed by atoms with Crippen LogP contribution in [-0.2, 0) is 6.54 Å². The maximum absolute atomic E-state index is 13.8. The van der Waals surface area contributed by atoms with Crippen LogP contribution in [0.5, 0.6) is 0 Å². The molecule has 140 valence electrons. The smallest absolute Gasteiger partial charge is 0.321 e. The van der Waals surface area contributed by atoms with Crippen molar-refractivity contribution in [2.24, 2.45) is 0 Å². The summed E-state index contributed by atoms with van der Waals surface area (Å²) in [5, 5.41) is 22.8. The van der Waals surface area contributed by atoms with E-state index >= 15 is 0 Å². The Balaban J connectivity index is 1.66. The molecule has 0 fully saturated rings. The fourth-order valence-corrected chi connectivity index (χ4v) is 2.64. The normalized spacial score (nSPS) is 11.8. The molecule has 1 aromatic heterocycles. The predicted octanol–water partition coefficient (Wildman–Crippen LogP) is 2.63. The van der Waals surface area contributed by atoms with Gasteiger partial charge in [-0.15, -0.1) is 5.10 Å². The number of rotatable bonds is 6. The van der Waals surface area contributed by atoms with Gasteiger partial charge in [0.1, 0.15) is 5.82 Å². The van der Waals surface area contributed by atoms with Gasteiger partial charge in [0.25, 0.3) is 0 Å². The largest absolute Gasteiger partial charge is 0.394 e. The monoisotopic (exact) mass is 369 g/mol. The molecule has 3 N–H and O–H groups in total. The molecule has 2 aromatic carbocycles. The highest BCUT2D eigenvalue weighted by atomic mass is 19.1. The summed E-state index contributed by atoms with van der Waals surface area (Å²) in [7, 11) is 0. The Bertz CT molecular complexity index is 913. The zero-order valence-electron chi connectivity index (χ0n) is 14.8. The summed E-state index contributed by atoms with van der Waals surface area (Å²) >= 11 is 0. The summed E-state index contributed by atoms with van der Waals surface area (Å²) in [6.07, 6.45) is 0. The molecule has 3 aromatic rings. The topological polar surface area (TPSA) is 92.1 Å². The number of anilines is 1. The maximum Gasteiger partial charge on any atom is 0.321 e. The number of halogens is 1. The second-order valence-electron chi connectivity index (χ2n) is 6.02. The second-order valence-corrected chi connectivity index (χ2v) is 6.02. The van der Waals surface area contributed by atoms with Crippen molar-refractivity contribution in [3.63, 3.8) is 0 Å². The van der Waals surface area contributed by atoms with Crippen molar-refractivity contribution >= 4 is 11.8 Å². The third-order valence-electron chi connectivity index (χ3n) is 4.18. The number of nitrogens with one attached hydrogen (secondary N) is 2. The van der Waals surface area contributed by atoms with Crippen molar-refractivity contribution in [1.82, 2.24) is 20.3 Å². The van der Waals surface area contributed by atoms with Crippen molar-refractivity contribution in [2.45, 2.75) is 19.5 Å². The van der Waals surface area contributed by atoms with Crippen molar-refractivity contribution < 1.29 is 14.3 Å². The third kappa shape index (κ3) is 4.48. The van der Waals surface area contributed by atoms with E-state index in [0.29, 0.717) is 11.3 Å². The fourth-order valence-electron chi connectivity index (χ4n) is 2.64. The minimum atomic E-state index is -0.542. The first-order valence-electron chi connectivity index (χ1n) is 8.45. The Kier molecular flexibility index (Phi) is 5.77. The van der Waals surface area contributed by atoms with Gasteiger partial charge in [-0.1, -0.05) is 53.7 Å². The number of carbonyl (C=O) groups is 1. The molecule has 0 aliphatic heterocycles. The van der Waals surface area contributed by atoms with Gasteiger partial charge in [0.2, 0.25) is 0 Å². The Morgan fingerprint density at radius 2 is 1.89 bits per heavy atom. The molecule has 0 aliphatic rings. The van der Waals surface area contributed by atoms with E-state index in [-0.39, 0.29) is 24.8 Å². The van der Waals surface area contributed by atoms with E-state index in [0.717, 1.165) is 5.56 Å². The van der Waals surface area contributed by atoms with Crippen LogP contribution in [0, 0.1) is 12.7 Å². The van der Waals surface area contributed by atoms with E-state index in [4.69, 9.17) is 0 Å². The quantitative estimate of drug-likeness (QED) is 0.623. The van der Waals surface area contributed by atoms with Crippen LogP contribution in [0.3, 0.4) is 0 Å². The standard InChI is InChI=1S/C19H20FN5O2/c1-13-18(23-24-25(13)11-15-9-5-6-10-16(15)20)22-19(27)21-17(12-26)14-7-3-2-4-8-14/h2-10,17,26H,11-12H2,1H3,(H2,21,22,27)/t17-/m1/s1. The molecular formula is C19H20FN5O2. The van der Waals surface area contributed by atoms with E-state index in [2.05, 4.69) is 20.9 Å².